The molecule has 3 unspecified atom stereocenters. The molecule has 3 rings (SSSR count). The van der Waals surface area contributed by atoms with Gasteiger partial charge in [0.05, 0.1) is 12.1 Å². The summed E-state index contributed by atoms with van der Waals surface area (Å²) in [5.74, 6) is 0.752. The average Bonchev–Trinajstić information content (AvgIpc) is 3.09. The Kier molecular flexibility index (Phi) is 3.00. The summed E-state index contributed by atoms with van der Waals surface area (Å²) in [5, 5.41) is 9.11. The van der Waals surface area contributed by atoms with Crippen LogP contribution in [0.15, 0.2) is 0 Å². The minimum Gasteiger partial charge on any atom is -0.381 e. The van der Waals surface area contributed by atoms with Gasteiger partial charge in [-0.25, -0.2) is 0 Å². The molecule has 1 aliphatic carbocycles. The minimum atomic E-state index is -0.455. The molecule has 0 radical (unpaired) electrons. The van der Waals surface area contributed by atoms with Crippen molar-refractivity contribution < 1.29 is 9.53 Å². The summed E-state index contributed by atoms with van der Waals surface area (Å²) in [6.45, 7) is 1.39. The zero-order chi connectivity index (χ0) is 12.7. The van der Waals surface area contributed by atoms with Crippen molar-refractivity contribution in [2.45, 2.75) is 43.8 Å². The second-order valence-electron chi connectivity index (χ2n) is 5.66. The van der Waals surface area contributed by atoms with E-state index in [2.05, 4.69) is 6.07 Å². The van der Waals surface area contributed by atoms with Crippen molar-refractivity contribution in [2.75, 3.05) is 13.2 Å². The number of fused-ring (bicyclic) bond motifs is 1. The van der Waals surface area contributed by atoms with Crippen LogP contribution in [0, 0.1) is 23.2 Å². The summed E-state index contributed by atoms with van der Waals surface area (Å²) in [7, 11) is 0. The molecule has 18 heavy (non-hydrogen) atoms. The Labute approximate surface area is 107 Å². The van der Waals surface area contributed by atoms with E-state index in [1.807, 2.05) is 0 Å². The highest BCUT2D eigenvalue weighted by Gasteiger charge is 2.55. The number of carbonyl (C=O) groups is 1. The first-order valence-corrected chi connectivity index (χ1v) is 6.77. The van der Waals surface area contributed by atoms with Crippen molar-refractivity contribution in [1.29, 1.82) is 5.26 Å². The van der Waals surface area contributed by atoms with Crippen molar-refractivity contribution in [3.63, 3.8) is 0 Å². The highest BCUT2D eigenvalue weighted by molar-refractivity contribution is 5.83. The van der Waals surface area contributed by atoms with Gasteiger partial charge in [-0.1, -0.05) is 0 Å². The largest absolute Gasteiger partial charge is 0.381 e. The third-order valence-electron chi connectivity index (χ3n) is 4.57. The molecule has 98 valence electrons. The van der Waals surface area contributed by atoms with E-state index >= 15 is 0 Å². The van der Waals surface area contributed by atoms with Crippen LogP contribution in [0.2, 0.25) is 0 Å². The van der Waals surface area contributed by atoms with Crippen molar-refractivity contribution in [3.8, 4) is 6.07 Å². The molecule has 5 nitrogen and oxygen atoms in total. The Morgan fingerprint density at radius 3 is 2.78 bits per heavy atom. The molecule has 1 saturated carbocycles. The van der Waals surface area contributed by atoms with Crippen molar-refractivity contribution in [1.82, 2.24) is 4.90 Å². The van der Waals surface area contributed by atoms with Crippen LogP contribution in [0.3, 0.4) is 0 Å². The number of ether oxygens (including phenoxy) is 1. The summed E-state index contributed by atoms with van der Waals surface area (Å²) in [6, 6.07) is 1.84. The van der Waals surface area contributed by atoms with Gasteiger partial charge in [-0.05, 0) is 37.5 Å². The Balaban J connectivity index is 1.68. The summed E-state index contributed by atoms with van der Waals surface area (Å²) in [5.41, 5.74) is 6.11. The van der Waals surface area contributed by atoms with E-state index < -0.39 is 6.04 Å². The molecule has 0 aromatic carbocycles. The molecule has 2 aliphatic heterocycles. The van der Waals surface area contributed by atoms with Crippen LogP contribution in [0.25, 0.3) is 0 Å². The number of nitrogens with two attached hydrogens (primary N) is 1. The van der Waals surface area contributed by atoms with E-state index in [0.29, 0.717) is 25.2 Å². The number of nitrogens with zero attached hydrogens (tertiary/aromatic N) is 2. The molecule has 0 spiro atoms. The lowest BCUT2D eigenvalue weighted by Crippen LogP contribution is -2.51. The third-order valence-corrected chi connectivity index (χ3v) is 4.57. The third kappa shape index (κ3) is 1.90. The zero-order valence-electron chi connectivity index (χ0n) is 10.4. The molecular weight excluding hydrogens is 230 g/mol. The lowest BCUT2D eigenvalue weighted by Gasteiger charge is -2.31. The van der Waals surface area contributed by atoms with E-state index in [-0.39, 0.29) is 17.9 Å². The Morgan fingerprint density at radius 1 is 1.39 bits per heavy atom. The van der Waals surface area contributed by atoms with E-state index in [1.54, 1.807) is 4.90 Å². The maximum absolute atomic E-state index is 12.5. The predicted octanol–water partition coefficient (Wildman–Crippen LogP) is 0.253. The molecule has 3 fully saturated rings. The molecule has 4 atom stereocenters. The van der Waals surface area contributed by atoms with Crippen molar-refractivity contribution in [3.05, 3.63) is 0 Å². The van der Waals surface area contributed by atoms with Gasteiger partial charge in [0.2, 0.25) is 5.91 Å². The summed E-state index contributed by atoms with van der Waals surface area (Å²) in [6.07, 6.45) is 3.61. The van der Waals surface area contributed by atoms with Gasteiger partial charge >= 0.3 is 0 Å². The maximum Gasteiger partial charge on any atom is 0.241 e. The van der Waals surface area contributed by atoms with Gasteiger partial charge < -0.3 is 15.4 Å². The smallest absolute Gasteiger partial charge is 0.241 e. The lowest BCUT2D eigenvalue weighted by atomic mass is 9.91. The highest BCUT2D eigenvalue weighted by Crippen LogP contribution is 2.48. The maximum atomic E-state index is 12.5. The Hall–Kier alpha value is -1.12. The van der Waals surface area contributed by atoms with Gasteiger partial charge in [0, 0.05) is 19.3 Å². The van der Waals surface area contributed by atoms with Crippen LogP contribution >= 0.6 is 0 Å². The standard InChI is InChI=1S/C13H19N3O2/c14-7-10-5-9-6-11(9)16(10)13(17)12(15)8-1-3-18-4-2-8/h8-12H,1-6,15H2/t9-,10?,11?,12?/m1/s1. The number of hydrogen-bond acceptors (Lipinski definition) is 4. The van der Waals surface area contributed by atoms with E-state index in [0.717, 1.165) is 25.7 Å². The normalized spacial score (nSPS) is 36.9. The molecular formula is C13H19N3O2. The molecule has 3 aliphatic rings. The first-order chi connectivity index (χ1) is 8.72. The fourth-order valence-corrected chi connectivity index (χ4v) is 3.34. The van der Waals surface area contributed by atoms with E-state index in [9.17, 15) is 4.79 Å². The number of likely N-dealkylation sites (tertiary alicyclic amines) is 1. The van der Waals surface area contributed by atoms with Crippen LogP contribution in [-0.2, 0) is 9.53 Å². The highest BCUT2D eigenvalue weighted by atomic mass is 16.5. The van der Waals surface area contributed by atoms with E-state index in [1.165, 1.54) is 0 Å². The second kappa shape index (κ2) is 4.52. The second-order valence-corrected chi connectivity index (χ2v) is 5.66. The fraction of sp³-hybridized carbons (Fsp3) is 0.846. The van der Waals surface area contributed by atoms with Gasteiger partial charge in [0.1, 0.15) is 6.04 Å². The molecule has 2 N–H and O–H groups in total. The molecule has 5 heteroatoms. The number of amides is 1. The molecule has 1 amide bonds. The molecule has 2 saturated heterocycles. The zero-order valence-corrected chi connectivity index (χ0v) is 10.4. The van der Waals surface area contributed by atoms with Crippen LogP contribution in [0.1, 0.15) is 25.7 Å². The molecule has 0 bridgehead atoms. The van der Waals surface area contributed by atoms with Gasteiger partial charge in [0.25, 0.3) is 0 Å². The van der Waals surface area contributed by atoms with Crippen molar-refractivity contribution >= 4 is 5.91 Å². The first-order valence-electron chi connectivity index (χ1n) is 6.77. The van der Waals surface area contributed by atoms with Crippen LogP contribution in [-0.4, -0.2) is 42.1 Å². The van der Waals surface area contributed by atoms with Crippen LogP contribution in [0.5, 0.6) is 0 Å². The number of rotatable bonds is 2. The quantitative estimate of drug-likeness (QED) is 0.761. The fourth-order valence-electron chi connectivity index (χ4n) is 3.34. The number of nitriles is 1. The predicted molar refractivity (Wildman–Crippen MR) is 64.3 cm³/mol. The summed E-state index contributed by atoms with van der Waals surface area (Å²) in [4.78, 5) is 14.2. The lowest BCUT2D eigenvalue weighted by molar-refractivity contribution is -0.135. The van der Waals surface area contributed by atoms with Gasteiger partial charge in [-0.2, -0.15) is 5.26 Å². The monoisotopic (exact) mass is 249 g/mol. The minimum absolute atomic E-state index is 0.0153. The van der Waals surface area contributed by atoms with E-state index in [4.69, 9.17) is 15.7 Å². The Morgan fingerprint density at radius 2 is 2.11 bits per heavy atom. The van der Waals surface area contributed by atoms with Crippen LogP contribution < -0.4 is 5.73 Å². The molecule has 2 heterocycles. The number of hydrogen-bond donors (Lipinski definition) is 1. The topological polar surface area (TPSA) is 79.4 Å². The van der Waals surface area contributed by atoms with Crippen molar-refractivity contribution in [2.24, 2.45) is 17.6 Å². The van der Waals surface area contributed by atoms with Gasteiger partial charge in [-0.3, -0.25) is 4.79 Å². The number of piperidine rings is 1. The average molecular weight is 249 g/mol. The Bertz CT molecular complexity index is 386. The van der Waals surface area contributed by atoms with Gasteiger partial charge in [-0.15, -0.1) is 0 Å². The summed E-state index contributed by atoms with van der Waals surface area (Å²) >= 11 is 0. The number of carbonyl (C=O) groups excluding carboxylic acids is 1. The summed E-state index contributed by atoms with van der Waals surface area (Å²) < 4.78 is 5.29. The first kappa shape index (κ1) is 11.9. The van der Waals surface area contributed by atoms with Crippen LogP contribution in [0.4, 0.5) is 0 Å². The van der Waals surface area contributed by atoms with Gasteiger partial charge in [0.15, 0.2) is 0 Å². The molecule has 0 aromatic rings. The molecule has 0 aromatic heterocycles. The SMILES string of the molecule is N#CC1C[C@@H]2CC2N1C(=O)C(N)C1CCOCC1.